The zero-order valence-electron chi connectivity index (χ0n) is 24.2. The number of Topliss-reactive ketones (excluding diaryl/α,β-unsaturated/α-hetero) is 1. The van der Waals surface area contributed by atoms with Gasteiger partial charge in [0, 0.05) is 54.0 Å². The summed E-state index contributed by atoms with van der Waals surface area (Å²) in [5.74, 6) is 1.05. The number of benzene rings is 3. The summed E-state index contributed by atoms with van der Waals surface area (Å²) in [5, 5.41) is 7.63. The Kier molecular flexibility index (Phi) is 10.1. The molecule has 7 nitrogen and oxygen atoms in total. The summed E-state index contributed by atoms with van der Waals surface area (Å²) in [6, 6.07) is 20.9. The van der Waals surface area contributed by atoms with Crippen LogP contribution < -0.4 is 15.5 Å². The third-order valence-electron chi connectivity index (χ3n) is 7.67. The van der Waals surface area contributed by atoms with E-state index < -0.39 is 11.1 Å². The van der Waals surface area contributed by atoms with Gasteiger partial charge in [-0.1, -0.05) is 23.7 Å². The first-order valence-corrected chi connectivity index (χ1v) is 15.7. The average molecular weight is 620 g/mol. The second-order valence-electron chi connectivity index (χ2n) is 11.1. The third kappa shape index (κ3) is 8.24. The summed E-state index contributed by atoms with van der Waals surface area (Å²) in [5.41, 5.74) is 1.29. The molecule has 1 aliphatic rings. The number of para-hydroxylation sites is 1. The van der Waals surface area contributed by atoms with Crippen molar-refractivity contribution in [3.63, 3.8) is 0 Å². The van der Waals surface area contributed by atoms with Crippen LogP contribution in [-0.4, -0.2) is 53.6 Å². The first-order valence-electron chi connectivity index (χ1n) is 14.4. The molecule has 0 radical (unpaired) electrons. The van der Waals surface area contributed by atoms with Crippen molar-refractivity contribution in [1.29, 1.82) is 0 Å². The van der Waals surface area contributed by atoms with Crippen molar-refractivity contribution in [3.05, 3.63) is 89.2 Å². The number of amides is 1. The zero-order chi connectivity index (χ0) is 30.3. The minimum Gasteiger partial charge on any atom is -0.362 e. The molecule has 43 heavy (non-hydrogen) atoms. The molecule has 0 spiro atoms. The molecular weight excluding hydrogens is 585 g/mol. The molecule has 1 fully saturated rings. The summed E-state index contributed by atoms with van der Waals surface area (Å²) in [6.45, 7) is 0.547. The van der Waals surface area contributed by atoms with Gasteiger partial charge in [0.25, 0.3) is 0 Å². The first-order chi connectivity index (χ1) is 20.7. The van der Waals surface area contributed by atoms with Gasteiger partial charge in [-0.15, -0.1) is 11.8 Å². The Bertz CT molecular complexity index is 1560. The molecule has 1 atom stereocenters. The number of hydrogen-bond donors (Lipinski definition) is 2. The monoisotopic (exact) mass is 619 g/mol. The van der Waals surface area contributed by atoms with Crippen LogP contribution in [0.5, 0.6) is 0 Å². The van der Waals surface area contributed by atoms with Crippen LogP contribution in [0.1, 0.15) is 42.5 Å². The van der Waals surface area contributed by atoms with Crippen LogP contribution in [0.4, 0.5) is 16.2 Å². The molecule has 1 aromatic heterocycles. The van der Waals surface area contributed by atoms with Gasteiger partial charge in [-0.3, -0.25) is 9.59 Å². The number of nitrogens with one attached hydrogen (secondary N) is 2. The smallest absolute Gasteiger partial charge is 0.233 e. The third-order valence-corrected chi connectivity index (χ3v) is 9.13. The maximum absolute atomic E-state index is 13.4. The van der Waals surface area contributed by atoms with Crippen LogP contribution in [0.3, 0.4) is 0 Å². The van der Waals surface area contributed by atoms with E-state index in [1.165, 1.54) is 36.0 Å². The number of anilines is 2. The first kappa shape index (κ1) is 30.8. The van der Waals surface area contributed by atoms with Gasteiger partial charge in [0.2, 0.25) is 11.9 Å². The Morgan fingerprint density at radius 1 is 0.977 bits per heavy atom. The fraction of sp³-hybridized carbons (Fsp3) is 0.333. The van der Waals surface area contributed by atoms with E-state index in [2.05, 4.69) is 10.6 Å². The van der Waals surface area contributed by atoms with Crippen molar-refractivity contribution in [2.24, 2.45) is 5.92 Å². The highest BCUT2D eigenvalue weighted by Crippen LogP contribution is 2.30. The standard InChI is InChI=1S/C33H35ClFN5O2S/c1-40(2)31-27-5-3-4-6-28(27)38-33(39-31)37-25-15-7-21(8-16-25)20-36-32(42)30(43-26-17-11-23(34)12-18-26)19-29(41)22-9-13-24(35)14-10-22/h3-6,9-14,17-18,21,25,30H,7-8,15-16,19-20H2,1-2H3,(H,36,42)(H,37,38,39)/t21-,25+,30?. The van der Waals surface area contributed by atoms with Gasteiger partial charge >= 0.3 is 0 Å². The lowest BCUT2D eigenvalue weighted by molar-refractivity contribution is -0.120. The van der Waals surface area contributed by atoms with E-state index >= 15 is 0 Å². The molecule has 10 heteroatoms. The number of carbonyl (C=O) groups is 2. The minimum absolute atomic E-state index is 0.00210. The molecule has 0 aliphatic heterocycles. The molecule has 1 unspecified atom stereocenters. The van der Waals surface area contributed by atoms with Gasteiger partial charge in [0.15, 0.2) is 5.78 Å². The number of thioether (sulfide) groups is 1. The predicted octanol–water partition coefficient (Wildman–Crippen LogP) is 7.01. The lowest BCUT2D eigenvalue weighted by Gasteiger charge is -2.30. The van der Waals surface area contributed by atoms with E-state index in [4.69, 9.17) is 21.6 Å². The topological polar surface area (TPSA) is 87.2 Å². The van der Waals surface area contributed by atoms with E-state index in [0.29, 0.717) is 29.0 Å². The van der Waals surface area contributed by atoms with Crippen molar-refractivity contribution in [3.8, 4) is 0 Å². The summed E-state index contributed by atoms with van der Waals surface area (Å²) < 4.78 is 13.4. The lowest BCUT2D eigenvalue weighted by Crippen LogP contribution is -2.39. The number of aromatic nitrogens is 2. The van der Waals surface area contributed by atoms with Crippen molar-refractivity contribution >= 4 is 57.7 Å². The van der Waals surface area contributed by atoms with Gasteiger partial charge in [0.1, 0.15) is 11.6 Å². The van der Waals surface area contributed by atoms with Gasteiger partial charge in [0.05, 0.1) is 10.8 Å². The molecule has 3 aromatic carbocycles. The average Bonchev–Trinajstić information content (AvgIpc) is 3.01. The molecule has 2 N–H and O–H groups in total. The number of carbonyl (C=O) groups excluding carboxylic acids is 2. The fourth-order valence-corrected chi connectivity index (χ4v) is 6.48. The second kappa shape index (κ2) is 14.2. The number of halogens is 2. The molecule has 0 bridgehead atoms. The normalized spacial score (nSPS) is 17.3. The molecule has 4 aromatic rings. The Labute approximate surface area is 260 Å². The summed E-state index contributed by atoms with van der Waals surface area (Å²) in [7, 11) is 3.96. The molecule has 1 heterocycles. The molecular formula is C33H35ClFN5O2S. The van der Waals surface area contributed by atoms with Crippen LogP contribution in [0.25, 0.3) is 10.9 Å². The molecule has 1 amide bonds. The van der Waals surface area contributed by atoms with Gasteiger partial charge in [-0.2, -0.15) is 4.98 Å². The van der Waals surface area contributed by atoms with E-state index in [9.17, 15) is 14.0 Å². The fourth-order valence-electron chi connectivity index (χ4n) is 5.30. The van der Waals surface area contributed by atoms with E-state index in [1.54, 1.807) is 12.1 Å². The minimum atomic E-state index is -0.632. The van der Waals surface area contributed by atoms with Gasteiger partial charge < -0.3 is 15.5 Å². The summed E-state index contributed by atoms with van der Waals surface area (Å²) in [4.78, 5) is 38.7. The lowest BCUT2D eigenvalue weighted by atomic mass is 9.86. The van der Waals surface area contributed by atoms with Crippen molar-refractivity contribution < 1.29 is 14.0 Å². The van der Waals surface area contributed by atoms with Gasteiger partial charge in [-0.25, -0.2) is 9.37 Å². The molecule has 5 rings (SSSR count). The van der Waals surface area contributed by atoms with Crippen LogP contribution in [0.15, 0.2) is 77.7 Å². The van der Waals surface area contributed by atoms with E-state index in [0.717, 1.165) is 47.3 Å². The summed E-state index contributed by atoms with van der Waals surface area (Å²) >= 11 is 7.37. The second-order valence-corrected chi connectivity index (χ2v) is 12.8. The van der Waals surface area contributed by atoms with Crippen molar-refractivity contribution in [1.82, 2.24) is 15.3 Å². The van der Waals surface area contributed by atoms with Crippen LogP contribution in [0, 0.1) is 11.7 Å². The quantitative estimate of drug-likeness (QED) is 0.138. The van der Waals surface area contributed by atoms with Crippen molar-refractivity contribution in [2.75, 3.05) is 30.9 Å². The maximum atomic E-state index is 13.4. The highest BCUT2D eigenvalue weighted by Gasteiger charge is 2.27. The Balaban J connectivity index is 1.17. The van der Waals surface area contributed by atoms with Crippen LogP contribution >= 0.6 is 23.4 Å². The van der Waals surface area contributed by atoms with E-state index in [1.807, 2.05) is 55.4 Å². The summed E-state index contributed by atoms with van der Waals surface area (Å²) in [6.07, 6.45) is 3.80. The van der Waals surface area contributed by atoms with Crippen molar-refractivity contribution in [2.45, 2.75) is 48.3 Å². The highest BCUT2D eigenvalue weighted by molar-refractivity contribution is 8.00. The number of rotatable bonds is 11. The largest absolute Gasteiger partial charge is 0.362 e. The maximum Gasteiger partial charge on any atom is 0.233 e. The molecule has 224 valence electrons. The Hall–Kier alpha value is -3.69. The Morgan fingerprint density at radius 3 is 2.37 bits per heavy atom. The number of nitrogens with zero attached hydrogens (tertiary/aromatic N) is 3. The predicted molar refractivity (Wildman–Crippen MR) is 173 cm³/mol. The SMILES string of the molecule is CN(C)c1nc(N[C@H]2CC[C@@H](CNC(=O)C(CC(=O)c3ccc(F)cc3)Sc3ccc(Cl)cc3)CC2)nc2ccccc12. The number of ketones is 1. The van der Waals surface area contributed by atoms with Gasteiger partial charge in [-0.05, 0) is 92.3 Å². The van der Waals surface area contributed by atoms with E-state index in [-0.39, 0.29) is 24.2 Å². The molecule has 0 saturated heterocycles. The molecule has 1 saturated carbocycles. The Morgan fingerprint density at radius 2 is 1.67 bits per heavy atom. The number of fused-ring (bicyclic) bond motifs is 1. The molecule has 1 aliphatic carbocycles. The highest BCUT2D eigenvalue weighted by atomic mass is 35.5. The number of hydrogen-bond acceptors (Lipinski definition) is 7. The van der Waals surface area contributed by atoms with Crippen LogP contribution in [0.2, 0.25) is 5.02 Å². The van der Waals surface area contributed by atoms with Crippen LogP contribution in [-0.2, 0) is 4.79 Å². The zero-order valence-corrected chi connectivity index (χ0v) is 25.8.